The molecule has 2 N–H and O–H groups in total. The van der Waals surface area contributed by atoms with E-state index in [2.05, 4.69) is 15.6 Å². The molecule has 8 heteroatoms. The van der Waals surface area contributed by atoms with E-state index in [1.807, 2.05) is 19.1 Å². The van der Waals surface area contributed by atoms with Gasteiger partial charge in [0.1, 0.15) is 17.4 Å². The maximum absolute atomic E-state index is 14.9. The van der Waals surface area contributed by atoms with Crippen LogP contribution in [0.4, 0.5) is 8.78 Å². The van der Waals surface area contributed by atoms with Crippen molar-refractivity contribution >= 4 is 17.0 Å². The summed E-state index contributed by atoms with van der Waals surface area (Å²) in [7, 11) is 1.40. The molecule has 3 aromatic rings. The predicted molar refractivity (Wildman–Crippen MR) is 104 cm³/mol. The average Bonchev–Trinajstić information content (AvgIpc) is 3.04. The minimum Gasteiger partial charge on any atom is -0.437 e. The topological polar surface area (TPSA) is 76.4 Å². The molecule has 0 saturated carbocycles. The standard InChI is InChI=1S/C21H21F2N3O3/c1-11-3-4-14-15(9-13-10-25-5-6-28-13)19(29-21(14)26-11)18-16(22)7-12(8-17(18)23)20(27)24-2/h3-4,7-8,13,25H,5-6,9-10H2,1-2H3,(H,24,27). The van der Waals surface area contributed by atoms with Crippen LogP contribution < -0.4 is 10.6 Å². The summed E-state index contributed by atoms with van der Waals surface area (Å²) in [6.07, 6.45) is 0.261. The Morgan fingerprint density at radius 1 is 1.31 bits per heavy atom. The summed E-state index contributed by atoms with van der Waals surface area (Å²) >= 11 is 0. The van der Waals surface area contributed by atoms with E-state index >= 15 is 0 Å². The molecule has 1 aromatic carbocycles. The number of halogens is 2. The first-order valence-corrected chi connectivity index (χ1v) is 9.40. The van der Waals surface area contributed by atoms with E-state index in [9.17, 15) is 13.6 Å². The van der Waals surface area contributed by atoms with Gasteiger partial charge in [-0.15, -0.1) is 0 Å². The molecule has 1 saturated heterocycles. The predicted octanol–water partition coefficient (Wildman–Crippen LogP) is 2.97. The third-order valence-corrected chi connectivity index (χ3v) is 4.99. The third-order valence-electron chi connectivity index (χ3n) is 4.99. The summed E-state index contributed by atoms with van der Waals surface area (Å²) in [6, 6.07) is 5.68. The van der Waals surface area contributed by atoms with Crippen molar-refractivity contribution in [3.8, 4) is 11.3 Å². The number of amides is 1. The Morgan fingerprint density at radius 3 is 2.72 bits per heavy atom. The molecule has 3 heterocycles. The molecule has 0 spiro atoms. The zero-order valence-electron chi connectivity index (χ0n) is 16.1. The number of carbonyl (C=O) groups is 1. The van der Waals surface area contributed by atoms with Crippen LogP contribution >= 0.6 is 0 Å². The number of hydrogen-bond donors (Lipinski definition) is 2. The Morgan fingerprint density at radius 2 is 2.07 bits per heavy atom. The Hall–Kier alpha value is -2.84. The molecule has 0 radical (unpaired) electrons. The quantitative estimate of drug-likeness (QED) is 0.703. The first-order valence-electron chi connectivity index (χ1n) is 9.40. The largest absolute Gasteiger partial charge is 0.437 e. The summed E-state index contributed by atoms with van der Waals surface area (Å²) in [5, 5.41) is 6.30. The van der Waals surface area contributed by atoms with Crippen molar-refractivity contribution in [1.29, 1.82) is 0 Å². The highest BCUT2D eigenvalue weighted by molar-refractivity contribution is 5.95. The summed E-state index contributed by atoms with van der Waals surface area (Å²) in [6.45, 7) is 3.78. The van der Waals surface area contributed by atoms with E-state index in [1.165, 1.54) is 7.05 Å². The molecule has 0 bridgehead atoms. The fraction of sp³-hybridized carbons (Fsp3) is 0.333. The van der Waals surface area contributed by atoms with Crippen molar-refractivity contribution in [3.05, 3.63) is 52.7 Å². The average molecular weight is 401 g/mol. The highest BCUT2D eigenvalue weighted by Crippen LogP contribution is 2.37. The van der Waals surface area contributed by atoms with E-state index in [0.717, 1.165) is 24.4 Å². The van der Waals surface area contributed by atoms with Gasteiger partial charge in [0.25, 0.3) is 5.91 Å². The summed E-state index contributed by atoms with van der Waals surface area (Å²) in [5.41, 5.74) is 1.26. The molecule has 29 heavy (non-hydrogen) atoms. The van der Waals surface area contributed by atoms with Crippen LogP contribution in [0.5, 0.6) is 0 Å². The first kappa shape index (κ1) is 19.5. The molecule has 1 aliphatic rings. The number of ether oxygens (including phenoxy) is 1. The fourth-order valence-electron chi connectivity index (χ4n) is 3.57. The molecule has 1 aliphatic heterocycles. The Labute approximate surface area is 166 Å². The number of aryl methyl sites for hydroxylation is 1. The number of furan rings is 1. The van der Waals surface area contributed by atoms with Crippen molar-refractivity contribution in [2.24, 2.45) is 0 Å². The maximum atomic E-state index is 14.9. The SMILES string of the molecule is CNC(=O)c1cc(F)c(-c2oc3nc(C)ccc3c2CC2CNCCO2)c(F)c1. The number of fused-ring (bicyclic) bond motifs is 1. The Bertz CT molecular complexity index is 1050. The highest BCUT2D eigenvalue weighted by atomic mass is 19.1. The van der Waals surface area contributed by atoms with E-state index < -0.39 is 17.5 Å². The number of morpholine rings is 1. The van der Waals surface area contributed by atoms with Crippen molar-refractivity contribution in [1.82, 2.24) is 15.6 Å². The van der Waals surface area contributed by atoms with E-state index in [4.69, 9.17) is 9.15 Å². The Kier molecular flexibility index (Phi) is 5.29. The molecule has 152 valence electrons. The summed E-state index contributed by atoms with van der Waals surface area (Å²) in [4.78, 5) is 16.1. The lowest BCUT2D eigenvalue weighted by molar-refractivity contribution is 0.0294. The molecule has 4 rings (SSSR count). The van der Waals surface area contributed by atoms with Crippen LogP contribution in [0, 0.1) is 18.6 Å². The van der Waals surface area contributed by atoms with Crippen molar-refractivity contribution in [2.45, 2.75) is 19.4 Å². The maximum Gasteiger partial charge on any atom is 0.251 e. The van der Waals surface area contributed by atoms with Gasteiger partial charge in [-0.25, -0.2) is 13.8 Å². The molecular weight excluding hydrogens is 380 g/mol. The van der Waals surface area contributed by atoms with Gasteiger partial charge >= 0.3 is 0 Å². The van der Waals surface area contributed by atoms with Crippen LogP contribution in [0.1, 0.15) is 21.6 Å². The second-order valence-electron chi connectivity index (χ2n) is 7.01. The smallest absolute Gasteiger partial charge is 0.251 e. The number of pyridine rings is 1. The normalized spacial score (nSPS) is 16.9. The molecule has 1 amide bonds. The number of nitrogens with zero attached hydrogens (tertiary/aromatic N) is 1. The molecule has 6 nitrogen and oxygen atoms in total. The molecule has 1 fully saturated rings. The minimum absolute atomic E-state index is 0.0748. The number of nitrogens with one attached hydrogen (secondary N) is 2. The van der Waals surface area contributed by atoms with Gasteiger partial charge < -0.3 is 19.8 Å². The van der Waals surface area contributed by atoms with Crippen molar-refractivity contribution < 1.29 is 22.7 Å². The van der Waals surface area contributed by atoms with Gasteiger partial charge in [-0.1, -0.05) is 0 Å². The number of benzene rings is 1. The van der Waals surface area contributed by atoms with E-state index in [1.54, 1.807) is 0 Å². The van der Waals surface area contributed by atoms with Crippen LogP contribution in [0.3, 0.4) is 0 Å². The van der Waals surface area contributed by atoms with Crippen LogP contribution in [-0.4, -0.2) is 43.7 Å². The van der Waals surface area contributed by atoms with Crippen LogP contribution in [0.2, 0.25) is 0 Å². The molecule has 2 aromatic heterocycles. The molecular formula is C21H21F2N3O3. The monoisotopic (exact) mass is 401 g/mol. The van der Waals surface area contributed by atoms with Gasteiger partial charge in [0, 0.05) is 48.8 Å². The summed E-state index contributed by atoms with van der Waals surface area (Å²) in [5.74, 6) is -2.24. The van der Waals surface area contributed by atoms with E-state index in [0.29, 0.717) is 36.2 Å². The second kappa shape index (κ2) is 7.88. The number of aromatic nitrogens is 1. The number of hydrogen-bond acceptors (Lipinski definition) is 5. The van der Waals surface area contributed by atoms with Gasteiger partial charge in [-0.05, 0) is 31.2 Å². The second-order valence-corrected chi connectivity index (χ2v) is 7.01. The lowest BCUT2D eigenvalue weighted by Gasteiger charge is -2.23. The molecule has 1 unspecified atom stereocenters. The van der Waals surface area contributed by atoms with E-state index in [-0.39, 0.29) is 23.0 Å². The lowest BCUT2D eigenvalue weighted by Crippen LogP contribution is -2.39. The fourth-order valence-corrected chi connectivity index (χ4v) is 3.57. The van der Waals surface area contributed by atoms with Gasteiger partial charge in [0.15, 0.2) is 0 Å². The van der Waals surface area contributed by atoms with Gasteiger partial charge in [-0.2, -0.15) is 0 Å². The lowest BCUT2D eigenvalue weighted by atomic mass is 9.98. The third kappa shape index (κ3) is 3.73. The van der Waals surface area contributed by atoms with Crippen molar-refractivity contribution in [3.63, 3.8) is 0 Å². The zero-order valence-corrected chi connectivity index (χ0v) is 16.1. The zero-order chi connectivity index (χ0) is 20.5. The summed E-state index contributed by atoms with van der Waals surface area (Å²) < 4.78 is 41.4. The first-order chi connectivity index (χ1) is 14.0. The van der Waals surface area contributed by atoms with Crippen molar-refractivity contribution in [2.75, 3.05) is 26.7 Å². The van der Waals surface area contributed by atoms with Gasteiger partial charge in [-0.3, -0.25) is 4.79 Å². The van der Waals surface area contributed by atoms with Crippen LogP contribution in [0.15, 0.2) is 28.7 Å². The molecule has 0 aliphatic carbocycles. The van der Waals surface area contributed by atoms with Gasteiger partial charge in [0.05, 0.1) is 18.3 Å². The minimum atomic E-state index is -0.872. The van der Waals surface area contributed by atoms with Gasteiger partial charge in [0.2, 0.25) is 5.71 Å². The highest BCUT2D eigenvalue weighted by Gasteiger charge is 2.27. The Balaban J connectivity index is 1.86. The molecule has 1 atom stereocenters. The number of rotatable bonds is 4. The van der Waals surface area contributed by atoms with Crippen LogP contribution in [0.25, 0.3) is 22.4 Å². The number of carbonyl (C=O) groups excluding carboxylic acids is 1. The van der Waals surface area contributed by atoms with Crippen LogP contribution in [-0.2, 0) is 11.2 Å².